The van der Waals surface area contributed by atoms with Gasteiger partial charge >= 0.3 is 0 Å². The molecule has 2 aliphatic rings. The predicted octanol–water partition coefficient (Wildman–Crippen LogP) is 3.35. The number of hydrogen-bond donors (Lipinski definition) is 1. The smallest absolute Gasteiger partial charge is 0.243 e. The molecule has 134 valence electrons. The molecule has 2 atom stereocenters. The van der Waals surface area contributed by atoms with Crippen molar-refractivity contribution in [3.05, 3.63) is 71.8 Å². The quantitative estimate of drug-likeness (QED) is 0.845. The molecule has 0 bridgehead atoms. The van der Waals surface area contributed by atoms with Crippen molar-refractivity contribution in [1.82, 2.24) is 4.31 Å². The Balaban J connectivity index is 1.85. The largest absolute Gasteiger partial charge is 0.325 e. The Labute approximate surface area is 153 Å². The zero-order valence-electron chi connectivity index (χ0n) is 14.5. The average molecular weight is 368 g/mol. The second kappa shape index (κ2) is 6.07. The number of carbonyl (C=O) groups is 1. The molecule has 2 heterocycles. The fraction of sp³-hybridized carbons (Fsp3) is 0.250. The fourth-order valence-electron chi connectivity index (χ4n) is 3.88. The van der Waals surface area contributed by atoms with Gasteiger partial charge in [-0.15, -0.1) is 6.58 Å². The van der Waals surface area contributed by atoms with Gasteiger partial charge in [0.15, 0.2) is 0 Å². The Hall–Kier alpha value is -2.44. The first kappa shape index (κ1) is 17.0. The number of rotatable bonds is 3. The van der Waals surface area contributed by atoms with E-state index in [1.807, 2.05) is 25.1 Å². The number of nitrogens with one attached hydrogen (secondary N) is 1. The highest BCUT2D eigenvalue weighted by Crippen LogP contribution is 2.45. The van der Waals surface area contributed by atoms with Crippen molar-refractivity contribution in [3.8, 4) is 0 Å². The molecule has 0 fully saturated rings. The predicted molar refractivity (Wildman–Crippen MR) is 100 cm³/mol. The van der Waals surface area contributed by atoms with Crippen LogP contribution in [0.4, 0.5) is 5.69 Å². The van der Waals surface area contributed by atoms with Gasteiger partial charge in [0.05, 0.1) is 16.9 Å². The third-order valence-electron chi connectivity index (χ3n) is 5.18. The number of carbonyl (C=O) groups excluding carboxylic acids is 1. The molecule has 1 amide bonds. The lowest BCUT2D eigenvalue weighted by Gasteiger charge is -2.28. The number of benzene rings is 2. The van der Waals surface area contributed by atoms with Crippen molar-refractivity contribution in [3.63, 3.8) is 0 Å². The molecule has 26 heavy (non-hydrogen) atoms. The van der Waals surface area contributed by atoms with Crippen LogP contribution in [0.2, 0.25) is 0 Å². The van der Waals surface area contributed by atoms with E-state index in [2.05, 4.69) is 11.9 Å². The summed E-state index contributed by atoms with van der Waals surface area (Å²) in [7, 11) is -3.71. The summed E-state index contributed by atoms with van der Waals surface area (Å²) in [6.07, 6.45) is 2.10. The van der Waals surface area contributed by atoms with Crippen LogP contribution in [0.5, 0.6) is 0 Å². The lowest BCUT2D eigenvalue weighted by Crippen LogP contribution is -2.34. The van der Waals surface area contributed by atoms with E-state index in [1.165, 1.54) is 4.31 Å². The van der Waals surface area contributed by atoms with Crippen LogP contribution in [0.25, 0.3) is 0 Å². The van der Waals surface area contributed by atoms with Crippen LogP contribution in [0.1, 0.15) is 35.1 Å². The maximum Gasteiger partial charge on any atom is 0.243 e. The minimum absolute atomic E-state index is 0.0650. The Bertz CT molecular complexity index is 996. The van der Waals surface area contributed by atoms with Crippen LogP contribution >= 0.6 is 0 Å². The van der Waals surface area contributed by atoms with Crippen molar-refractivity contribution in [2.75, 3.05) is 11.9 Å². The summed E-state index contributed by atoms with van der Waals surface area (Å²) < 4.78 is 28.1. The molecule has 6 heteroatoms. The number of aryl methyl sites for hydroxylation is 1. The Morgan fingerprint density at radius 3 is 2.62 bits per heavy atom. The molecule has 4 rings (SSSR count). The van der Waals surface area contributed by atoms with E-state index in [0.29, 0.717) is 6.42 Å². The molecule has 0 spiro atoms. The van der Waals surface area contributed by atoms with Crippen LogP contribution in [-0.2, 0) is 14.8 Å². The van der Waals surface area contributed by atoms with Gasteiger partial charge in [-0.05, 0) is 42.7 Å². The van der Waals surface area contributed by atoms with E-state index in [4.69, 9.17) is 0 Å². The van der Waals surface area contributed by atoms with Gasteiger partial charge < -0.3 is 5.32 Å². The maximum atomic E-state index is 13.3. The molecule has 0 aliphatic carbocycles. The summed E-state index contributed by atoms with van der Waals surface area (Å²) in [6, 6.07) is 11.9. The zero-order chi connectivity index (χ0) is 18.5. The number of anilines is 1. The Morgan fingerprint density at radius 2 is 1.92 bits per heavy atom. The van der Waals surface area contributed by atoms with Gasteiger partial charge in [0, 0.05) is 12.2 Å². The molecule has 2 aromatic rings. The lowest BCUT2D eigenvalue weighted by atomic mass is 9.91. The molecular formula is C20H20N2O3S. The van der Waals surface area contributed by atoms with Gasteiger partial charge in [-0.3, -0.25) is 4.79 Å². The number of hydrogen-bond acceptors (Lipinski definition) is 3. The molecule has 5 nitrogen and oxygen atoms in total. The first-order valence-electron chi connectivity index (χ1n) is 8.58. The molecule has 0 aromatic heterocycles. The minimum Gasteiger partial charge on any atom is -0.325 e. The van der Waals surface area contributed by atoms with E-state index in [1.54, 1.807) is 30.3 Å². The van der Waals surface area contributed by atoms with Crippen LogP contribution in [-0.4, -0.2) is 25.2 Å². The lowest BCUT2D eigenvalue weighted by molar-refractivity contribution is -0.117. The SMILES string of the molecule is C=C[C@@H]1c2cccc3c2C(CCN1S(=O)(=O)c1ccc(C)cc1)C(=O)N3. The number of nitrogens with zero attached hydrogens (tertiary/aromatic N) is 1. The van der Waals surface area contributed by atoms with Crippen molar-refractivity contribution < 1.29 is 13.2 Å². The van der Waals surface area contributed by atoms with Crippen molar-refractivity contribution in [2.24, 2.45) is 0 Å². The van der Waals surface area contributed by atoms with Crippen LogP contribution in [0, 0.1) is 6.92 Å². The van der Waals surface area contributed by atoms with Crippen molar-refractivity contribution in [1.29, 1.82) is 0 Å². The third-order valence-corrected chi connectivity index (χ3v) is 7.08. The molecule has 2 aromatic carbocycles. The van der Waals surface area contributed by atoms with Gasteiger partial charge in [0.2, 0.25) is 15.9 Å². The third kappa shape index (κ3) is 2.48. The standard InChI is InChI=1S/C20H20N2O3S/c1-3-18-15-5-4-6-17-19(15)16(20(23)21-17)11-12-22(18)26(24,25)14-9-7-13(2)8-10-14/h3-10,16,18H,1,11-12H2,2H3,(H,21,23)/t16?,18-/m1/s1. The van der Waals surface area contributed by atoms with E-state index < -0.39 is 16.1 Å². The molecule has 2 aliphatic heterocycles. The summed E-state index contributed by atoms with van der Waals surface area (Å²) in [5.74, 6) is -0.383. The number of sulfonamides is 1. The fourth-order valence-corrected chi connectivity index (χ4v) is 5.47. The monoisotopic (exact) mass is 368 g/mol. The molecule has 1 unspecified atom stereocenters. The highest BCUT2D eigenvalue weighted by Gasteiger charge is 2.41. The molecule has 0 saturated carbocycles. The van der Waals surface area contributed by atoms with Gasteiger partial charge in [0.25, 0.3) is 0 Å². The van der Waals surface area contributed by atoms with E-state index in [9.17, 15) is 13.2 Å². The average Bonchev–Trinajstić information content (AvgIpc) is 2.83. The summed E-state index contributed by atoms with van der Waals surface area (Å²) in [5, 5.41) is 2.90. The Morgan fingerprint density at radius 1 is 1.19 bits per heavy atom. The van der Waals surface area contributed by atoms with Gasteiger partial charge in [0.1, 0.15) is 0 Å². The van der Waals surface area contributed by atoms with Gasteiger partial charge in [-0.1, -0.05) is 35.9 Å². The zero-order valence-corrected chi connectivity index (χ0v) is 15.3. The number of amides is 1. The molecule has 1 N–H and O–H groups in total. The molecular weight excluding hydrogens is 348 g/mol. The second-order valence-corrected chi connectivity index (χ2v) is 8.64. The van der Waals surface area contributed by atoms with Crippen LogP contribution in [0.15, 0.2) is 60.0 Å². The van der Waals surface area contributed by atoms with Crippen LogP contribution < -0.4 is 5.32 Å². The maximum absolute atomic E-state index is 13.3. The molecule has 0 radical (unpaired) electrons. The van der Waals surface area contributed by atoms with E-state index in [-0.39, 0.29) is 23.3 Å². The first-order valence-corrected chi connectivity index (χ1v) is 10.0. The highest BCUT2D eigenvalue weighted by molar-refractivity contribution is 7.89. The summed E-state index contributed by atoms with van der Waals surface area (Å²) >= 11 is 0. The van der Waals surface area contributed by atoms with E-state index >= 15 is 0 Å². The summed E-state index contributed by atoms with van der Waals surface area (Å²) in [6.45, 7) is 6.06. The van der Waals surface area contributed by atoms with Gasteiger partial charge in [-0.25, -0.2) is 8.42 Å². The Kier molecular flexibility index (Phi) is 3.97. The van der Waals surface area contributed by atoms with Crippen molar-refractivity contribution in [2.45, 2.75) is 30.2 Å². The van der Waals surface area contributed by atoms with E-state index in [0.717, 1.165) is 22.4 Å². The minimum atomic E-state index is -3.71. The van der Waals surface area contributed by atoms with Gasteiger partial charge in [-0.2, -0.15) is 4.31 Å². The molecule has 0 saturated heterocycles. The first-order chi connectivity index (χ1) is 12.4. The second-order valence-electron chi connectivity index (χ2n) is 6.75. The summed E-state index contributed by atoms with van der Waals surface area (Å²) in [5.41, 5.74) is 3.51. The van der Waals surface area contributed by atoms with Crippen LogP contribution in [0.3, 0.4) is 0 Å². The normalized spacial score (nSPS) is 22.4. The topological polar surface area (TPSA) is 66.5 Å². The summed E-state index contributed by atoms with van der Waals surface area (Å²) in [4.78, 5) is 12.6. The highest BCUT2D eigenvalue weighted by atomic mass is 32.2. The van der Waals surface area contributed by atoms with Crippen molar-refractivity contribution >= 4 is 21.6 Å².